The van der Waals surface area contributed by atoms with Crippen LogP contribution in [0.3, 0.4) is 0 Å². The Bertz CT molecular complexity index is 78.0. The van der Waals surface area contributed by atoms with Gasteiger partial charge in [0.05, 0.1) is 0 Å². The van der Waals surface area contributed by atoms with Crippen molar-refractivity contribution in [2.75, 3.05) is 0 Å². The predicted molar refractivity (Wildman–Crippen MR) is 57.1 cm³/mol. The summed E-state index contributed by atoms with van der Waals surface area (Å²) in [5.74, 6) is 2.59. The van der Waals surface area contributed by atoms with Crippen molar-refractivity contribution in [1.82, 2.24) is 0 Å². The molecule has 0 N–H and O–H groups in total. The molecule has 0 fully saturated rings. The summed E-state index contributed by atoms with van der Waals surface area (Å²) in [7, 11) is 0. The molecule has 0 aliphatic carbocycles. The maximum atomic E-state index is 2.30. The first-order chi connectivity index (χ1) is 5.70. The summed E-state index contributed by atoms with van der Waals surface area (Å²) >= 11 is 0. The van der Waals surface area contributed by atoms with E-state index in [0.29, 0.717) is 0 Å². The molecular formula is C12H25. The second-order valence-electron chi connectivity index (χ2n) is 4.19. The summed E-state index contributed by atoms with van der Waals surface area (Å²) in [5.41, 5.74) is 0. The molecule has 0 aromatic rings. The van der Waals surface area contributed by atoms with Crippen molar-refractivity contribution in [2.45, 2.75) is 66.2 Å². The van der Waals surface area contributed by atoms with Gasteiger partial charge in [-0.25, -0.2) is 0 Å². The molecule has 0 aromatic carbocycles. The number of rotatable bonds is 7. The molecule has 1 radical (unpaired) electrons. The third kappa shape index (κ3) is 6.69. The second-order valence-corrected chi connectivity index (χ2v) is 4.19. The van der Waals surface area contributed by atoms with Crippen molar-refractivity contribution in [3.8, 4) is 0 Å². The van der Waals surface area contributed by atoms with E-state index in [0.717, 1.165) is 5.92 Å². The Morgan fingerprint density at radius 2 is 1.42 bits per heavy atom. The maximum Gasteiger partial charge on any atom is -0.0303 e. The van der Waals surface area contributed by atoms with Crippen LogP contribution in [0.15, 0.2) is 0 Å². The van der Waals surface area contributed by atoms with Gasteiger partial charge in [-0.05, 0) is 24.7 Å². The van der Waals surface area contributed by atoms with Crippen molar-refractivity contribution < 1.29 is 0 Å². The molecular weight excluding hydrogens is 144 g/mol. The molecule has 0 atom stereocenters. The molecule has 0 amide bonds. The van der Waals surface area contributed by atoms with Crippen LogP contribution in [-0.2, 0) is 0 Å². The molecule has 12 heavy (non-hydrogen) atoms. The zero-order valence-corrected chi connectivity index (χ0v) is 9.32. The van der Waals surface area contributed by atoms with Gasteiger partial charge >= 0.3 is 0 Å². The summed E-state index contributed by atoms with van der Waals surface area (Å²) in [6.07, 6.45) is 8.33. The Labute approximate surface area is 78.8 Å². The van der Waals surface area contributed by atoms with Crippen LogP contribution in [0, 0.1) is 11.8 Å². The third-order valence-corrected chi connectivity index (χ3v) is 2.45. The molecule has 0 saturated heterocycles. The SMILES string of the molecule is CCCC(CCC)CC[C](C)C. The Morgan fingerprint density at radius 3 is 1.75 bits per heavy atom. The Hall–Kier alpha value is 0. The van der Waals surface area contributed by atoms with Gasteiger partial charge in [-0.15, -0.1) is 0 Å². The van der Waals surface area contributed by atoms with E-state index in [1.165, 1.54) is 38.5 Å². The van der Waals surface area contributed by atoms with Crippen molar-refractivity contribution in [1.29, 1.82) is 0 Å². The van der Waals surface area contributed by atoms with E-state index in [-0.39, 0.29) is 0 Å². The Kier molecular flexibility index (Phi) is 7.64. The smallest absolute Gasteiger partial charge is 0.0303 e. The quantitative estimate of drug-likeness (QED) is 0.522. The zero-order valence-electron chi connectivity index (χ0n) is 9.32. The lowest BCUT2D eigenvalue weighted by Gasteiger charge is -2.15. The molecule has 0 nitrogen and oxygen atoms in total. The average molecular weight is 169 g/mol. The Balaban J connectivity index is 3.48. The molecule has 0 saturated carbocycles. The zero-order chi connectivity index (χ0) is 9.40. The fourth-order valence-corrected chi connectivity index (χ4v) is 1.74. The Morgan fingerprint density at radius 1 is 0.917 bits per heavy atom. The van der Waals surface area contributed by atoms with Gasteiger partial charge in [0.2, 0.25) is 0 Å². The summed E-state index contributed by atoms with van der Waals surface area (Å²) in [6, 6.07) is 0. The second kappa shape index (κ2) is 7.64. The molecule has 73 valence electrons. The molecule has 0 spiro atoms. The summed E-state index contributed by atoms with van der Waals surface area (Å²) in [5, 5.41) is 0. The highest BCUT2D eigenvalue weighted by molar-refractivity contribution is 4.77. The highest BCUT2D eigenvalue weighted by Gasteiger charge is 2.07. The largest absolute Gasteiger partial charge is 0.0654 e. The van der Waals surface area contributed by atoms with E-state index in [2.05, 4.69) is 27.7 Å². The first-order valence-corrected chi connectivity index (χ1v) is 5.49. The van der Waals surface area contributed by atoms with E-state index < -0.39 is 0 Å². The molecule has 0 rings (SSSR count). The van der Waals surface area contributed by atoms with Crippen LogP contribution in [0.1, 0.15) is 66.2 Å². The van der Waals surface area contributed by atoms with Crippen LogP contribution in [0.25, 0.3) is 0 Å². The van der Waals surface area contributed by atoms with Crippen molar-refractivity contribution in [3.63, 3.8) is 0 Å². The molecule has 0 aromatic heterocycles. The minimum Gasteiger partial charge on any atom is -0.0654 e. The van der Waals surface area contributed by atoms with E-state index in [4.69, 9.17) is 0 Å². The van der Waals surface area contributed by atoms with Gasteiger partial charge in [-0.2, -0.15) is 0 Å². The van der Waals surface area contributed by atoms with Gasteiger partial charge < -0.3 is 0 Å². The van der Waals surface area contributed by atoms with Gasteiger partial charge in [0.15, 0.2) is 0 Å². The highest BCUT2D eigenvalue weighted by Crippen LogP contribution is 2.22. The lowest BCUT2D eigenvalue weighted by Crippen LogP contribution is -2.01. The van der Waals surface area contributed by atoms with Crippen LogP contribution >= 0.6 is 0 Å². The van der Waals surface area contributed by atoms with Crippen LogP contribution in [0.4, 0.5) is 0 Å². The normalized spacial score (nSPS) is 11.5. The standard InChI is InChI=1S/C12H25/c1-5-7-12(8-6-2)10-9-11(3)4/h12H,5-10H2,1-4H3. The van der Waals surface area contributed by atoms with E-state index >= 15 is 0 Å². The molecule has 0 heteroatoms. The minimum atomic E-state index is 0.995. The first-order valence-electron chi connectivity index (χ1n) is 5.49. The molecule has 0 aliphatic rings. The average Bonchev–Trinajstić information content (AvgIpc) is 2.01. The fraction of sp³-hybridized carbons (Fsp3) is 0.917. The van der Waals surface area contributed by atoms with E-state index in [1.54, 1.807) is 5.92 Å². The number of hydrogen-bond donors (Lipinski definition) is 0. The van der Waals surface area contributed by atoms with Crippen molar-refractivity contribution in [2.24, 2.45) is 5.92 Å². The van der Waals surface area contributed by atoms with Crippen LogP contribution in [-0.4, -0.2) is 0 Å². The fourth-order valence-electron chi connectivity index (χ4n) is 1.74. The predicted octanol–water partition coefficient (Wildman–Crippen LogP) is 4.60. The minimum absolute atomic E-state index is 0.995. The summed E-state index contributed by atoms with van der Waals surface area (Å²) in [4.78, 5) is 0. The highest BCUT2D eigenvalue weighted by atomic mass is 14.1. The van der Waals surface area contributed by atoms with Gasteiger partial charge in [-0.3, -0.25) is 0 Å². The molecule has 0 aliphatic heterocycles. The van der Waals surface area contributed by atoms with Crippen molar-refractivity contribution in [3.05, 3.63) is 5.92 Å². The van der Waals surface area contributed by atoms with Crippen molar-refractivity contribution >= 4 is 0 Å². The molecule has 0 bridgehead atoms. The van der Waals surface area contributed by atoms with Gasteiger partial charge in [0, 0.05) is 0 Å². The third-order valence-electron chi connectivity index (χ3n) is 2.45. The molecule has 0 heterocycles. The molecule has 0 unspecified atom stereocenters. The van der Waals surface area contributed by atoms with Crippen LogP contribution in [0.2, 0.25) is 0 Å². The topological polar surface area (TPSA) is 0 Å². The van der Waals surface area contributed by atoms with E-state index in [1.807, 2.05) is 0 Å². The summed E-state index contributed by atoms with van der Waals surface area (Å²) in [6.45, 7) is 9.08. The first kappa shape index (κ1) is 12.0. The maximum absolute atomic E-state index is 2.30. The lowest BCUT2D eigenvalue weighted by atomic mass is 9.91. The van der Waals surface area contributed by atoms with Gasteiger partial charge in [0.1, 0.15) is 0 Å². The van der Waals surface area contributed by atoms with Gasteiger partial charge in [0.25, 0.3) is 0 Å². The van der Waals surface area contributed by atoms with Crippen LogP contribution < -0.4 is 0 Å². The van der Waals surface area contributed by atoms with E-state index in [9.17, 15) is 0 Å². The lowest BCUT2D eigenvalue weighted by molar-refractivity contribution is 0.404. The number of hydrogen-bond acceptors (Lipinski definition) is 0. The summed E-state index contributed by atoms with van der Waals surface area (Å²) < 4.78 is 0. The monoisotopic (exact) mass is 169 g/mol. The van der Waals surface area contributed by atoms with Crippen LogP contribution in [0.5, 0.6) is 0 Å². The van der Waals surface area contributed by atoms with Gasteiger partial charge in [-0.1, -0.05) is 53.4 Å².